The number of fused-ring (bicyclic) bond motifs is 1. The zero-order chi connectivity index (χ0) is 20.6. The lowest BCUT2D eigenvalue weighted by Gasteiger charge is -2.13. The van der Waals surface area contributed by atoms with E-state index in [0.717, 1.165) is 53.7 Å². The van der Waals surface area contributed by atoms with Gasteiger partial charge in [-0.15, -0.1) is 0 Å². The number of nitrogens with zero attached hydrogens (tertiary/aromatic N) is 1. The van der Waals surface area contributed by atoms with Crippen LogP contribution in [-0.2, 0) is 6.54 Å². The molecule has 0 radical (unpaired) electrons. The summed E-state index contributed by atoms with van der Waals surface area (Å²) in [4.78, 5) is 14.3. The van der Waals surface area contributed by atoms with E-state index in [1.165, 1.54) is 0 Å². The highest BCUT2D eigenvalue weighted by molar-refractivity contribution is 14.1. The molecular formula is C26H26INO. The fraction of sp³-hybridized carbons (Fsp3) is 0.269. The van der Waals surface area contributed by atoms with Gasteiger partial charge in [0.25, 0.3) is 5.91 Å². The van der Waals surface area contributed by atoms with Gasteiger partial charge < -0.3 is 4.90 Å². The molecule has 0 aromatic heterocycles. The van der Waals surface area contributed by atoms with Crippen molar-refractivity contribution in [2.24, 2.45) is 0 Å². The molecule has 3 heteroatoms. The third kappa shape index (κ3) is 5.61. The molecule has 2 aromatic rings. The molecule has 1 aliphatic heterocycles. The smallest absolute Gasteiger partial charge is 0.254 e. The Hall–Kier alpha value is -2.32. The molecule has 0 saturated heterocycles. The first kappa shape index (κ1) is 21.4. The highest BCUT2D eigenvalue weighted by Crippen LogP contribution is 2.28. The zero-order valence-electron chi connectivity index (χ0n) is 17.0. The highest BCUT2D eigenvalue weighted by atomic mass is 127. The number of benzene rings is 2. The lowest BCUT2D eigenvalue weighted by atomic mass is 9.99. The van der Waals surface area contributed by atoms with Crippen LogP contribution in [0.2, 0.25) is 0 Å². The van der Waals surface area contributed by atoms with E-state index >= 15 is 0 Å². The van der Waals surface area contributed by atoms with Gasteiger partial charge >= 0.3 is 0 Å². The van der Waals surface area contributed by atoms with Crippen LogP contribution in [0.3, 0.4) is 0 Å². The van der Waals surface area contributed by atoms with Gasteiger partial charge in [-0.1, -0.05) is 90.8 Å². The summed E-state index contributed by atoms with van der Waals surface area (Å²) in [7, 11) is 0. The van der Waals surface area contributed by atoms with E-state index in [-0.39, 0.29) is 9.83 Å². The predicted octanol–water partition coefficient (Wildman–Crippen LogP) is 6.40. The van der Waals surface area contributed by atoms with Crippen LogP contribution in [0.25, 0.3) is 11.1 Å². The van der Waals surface area contributed by atoms with E-state index in [4.69, 9.17) is 0 Å². The Kier molecular flexibility index (Phi) is 7.71. The first-order chi connectivity index (χ1) is 14.1. The van der Waals surface area contributed by atoms with Crippen molar-refractivity contribution in [1.29, 1.82) is 0 Å². The number of carbonyl (C=O) groups excluding carboxylic acids is 1. The SMILES string of the molecule is CC/C=C\C=C/C(I)C#Cc1ccc(-c2ccc3c(c2)CN(CCC)C3=O)cc1. The van der Waals surface area contributed by atoms with Gasteiger partial charge in [-0.25, -0.2) is 0 Å². The molecule has 1 atom stereocenters. The van der Waals surface area contributed by atoms with Crippen LogP contribution in [0.5, 0.6) is 0 Å². The molecule has 0 bridgehead atoms. The summed E-state index contributed by atoms with van der Waals surface area (Å²) < 4.78 is 0.189. The van der Waals surface area contributed by atoms with Gasteiger partial charge in [-0.05, 0) is 53.8 Å². The van der Waals surface area contributed by atoms with Crippen LogP contribution in [0.1, 0.15) is 48.2 Å². The molecule has 1 amide bonds. The maximum atomic E-state index is 12.4. The largest absolute Gasteiger partial charge is 0.334 e. The predicted molar refractivity (Wildman–Crippen MR) is 130 cm³/mol. The molecule has 2 aromatic carbocycles. The minimum atomic E-state index is 0.159. The van der Waals surface area contributed by atoms with Crippen LogP contribution in [-0.4, -0.2) is 21.3 Å². The second-order valence-electron chi connectivity index (χ2n) is 7.07. The second-order valence-corrected chi connectivity index (χ2v) is 8.41. The van der Waals surface area contributed by atoms with E-state index < -0.39 is 0 Å². The highest BCUT2D eigenvalue weighted by Gasteiger charge is 2.26. The quantitative estimate of drug-likeness (QED) is 0.197. The first-order valence-corrected chi connectivity index (χ1v) is 11.4. The molecule has 29 heavy (non-hydrogen) atoms. The Labute approximate surface area is 187 Å². The van der Waals surface area contributed by atoms with E-state index in [1.54, 1.807) is 0 Å². The minimum Gasteiger partial charge on any atom is -0.334 e. The van der Waals surface area contributed by atoms with Crippen LogP contribution in [0.4, 0.5) is 0 Å². The normalized spacial score (nSPS) is 14.3. The average molecular weight is 495 g/mol. The Morgan fingerprint density at radius 3 is 2.59 bits per heavy atom. The van der Waals surface area contributed by atoms with E-state index in [2.05, 4.69) is 103 Å². The van der Waals surface area contributed by atoms with Crippen molar-refractivity contribution in [3.63, 3.8) is 0 Å². The maximum Gasteiger partial charge on any atom is 0.254 e. The summed E-state index contributed by atoms with van der Waals surface area (Å²) in [6, 6.07) is 14.5. The fourth-order valence-electron chi connectivity index (χ4n) is 3.33. The van der Waals surface area contributed by atoms with Crippen molar-refractivity contribution in [3.8, 4) is 23.0 Å². The molecule has 0 spiro atoms. The van der Waals surface area contributed by atoms with Gasteiger partial charge in [0, 0.05) is 24.2 Å². The number of rotatable bonds is 6. The Morgan fingerprint density at radius 2 is 1.86 bits per heavy atom. The van der Waals surface area contributed by atoms with Crippen LogP contribution < -0.4 is 0 Å². The number of halogens is 1. The van der Waals surface area contributed by atoms with Gasteiger partial charge in [0.2, 0.25) is 0 Å². The van der Waals surface area contributed by atoms with Gasteiger partial charge in [0.05, 0.1) is 3.92 Å². The lowest BCUT2D eigenvalue weighted by Crippen LogP contribution is -2.24. The standard InChI is InChI=1S/C26H26INO/c1-3-5-6-7-8-24(27)15-11-20-9-12-21(13-10-20)22-14-16-25-23(18-22)19-28(17-4-2)26(25)29/h5-10,12-14,16,18,24H,3-4,17,19H2,1-2H3/b6-5-,8-7-. The molecule has 1 heterocycles. The van der Waals surface area contributed by atoms with Gasteiger partial charge in [0.15, 0.2) is 0 Å². The summed E-state index contributed by atoms with van der Waals surface area (Å²) in [5.74, 6) is 6.67. The number of hydrogen-bond acceptors (Lipinski definition) is 1. The van der Waals surface area contributed by atoms with Crippen LogP contribution in [0, 0.1) is 11.8 Å². The average Bonchev–Trinajstić information content (AvgIpc) is 3.05. The number of hydrogen-bond donors (Lipinski definition) is 0. The molecule has 0 aliphatic carbocycles. The van der Waals surface area contributed by atoms with Crippen molar-refractivity contribution in [2.75, 3.05) is 6.54 Å². The van der Waals surface area contributed by atoms with Crippen molar-refractivity contribution in [1.82, 2.24) is 4.90 Å². The third-order valence-electron chi connectivity index (χ3n) is 4.81. The van der Waals surface area contributed by atoms with Crippen molar-refractivity contribution >= 4 is 28.5 Å². The molecule has 0 fully saturated rings. The van der Waals surface area contributed by atoms with Gasteiger partial charge in [-0.3, -0.25) is 4.79 Å². The Bertz CT molecular complexity index is 976. The van der Waals surface area contributed by atoms with E-state index in [0.29, 0.717) is 0 Å². The monoisotopic (exact) mass is 495 g/mol. The zero-order valence-corrected chi connectivity index (χ0v) is 19.1. The summed E-state index contributed by atoms with van der Waals surface area (Å²) in [6.45, 7) is 5.76. The Morgan fingerprint density at radius 1 is 1.10 bits per heavy atom. The third-order valence-corrected chi connectivity index (χ3v) is 5.54. The second kappa shape index (κ2) is 10.5. The van der Waals surface area contributed by atoms with Gasteiger partial charge in [-0.2, -0.15) is 0 Å². The molecule has 3 rings (SSSR count). The molecule has 0 saturated carbocycles. The number of allylic oxidation sites excluding steroid dienone is 4. The summed E-state index contributed by atoms with van der Waals surface area (Å²) in [5.41, 5.74) is 5.28. The van der Waals surface area contributed by atoms with E-state index in [9.17, 15) is 4.79 Å². The maximum absolute atomic E-state index is 12.4. The summed E-state index contributed by atoms with van der Waals surface area (Å²) in [5, 5.41) is 0. The first-order valence-electron chi connectivity index (χ1n) is 10.1. The van der Waals surface area contributed by atoms with Crippen molar-refractivity contribution < 1.29 is 4.79 Å². The van der Waals surface area contributed by atoms with Crippen LogP contribution >= 0.6 is 22.6 Å². The molecule has 1 unspecified atom stereocenters. The lowest BCUT2D eigenvalue weighted by molar-refractivity contribution is 0.0778. The summed E-state index contributed by atoms with van der Waals surface area (Å²) in [6.07, 6.45) is 10.4. The van der Waals surface area contributed by atoms with Crippen molar-refractivity contribution in [2.45, 2.75) is 37.2 Å². The van der Waals surface area contributed by atoms with E-state index in [1.807, 2.05) is 17.0 Å². The molecule has 148 valence electrons. The molecule has 2 nitrogen and oxygen atoms in total. The molecule has 0 N–H and O–H groups in total. The van der Waals surface area contributed by atoms with Crippen molar-refractivity contribution in [3.05, 3.63) is 83.5 Å². The van der Waals surface area contributed by atoms with Gasteiger partial charge in [0.1, 0.15) is 0 Å². The van der Waals surface area contributed by atoms with Crippen LogP contribution in [0.15, 0.2) is 66.8 Å². The molecular weight excluding hydrogens is 469 g/mol. The topological polar surface area (TPSA) is 20.3 Å². The number of alkyl halides is 1. The molecule has 1 aliphatic rings. The minimum absolute atomic E-state index is 0.159. The fourth-order valence-corrected chi connectivity index (χ4v) is 3.73. The number of amides is 1. The Balaban J connectivity index is 1.70. The number of carbonyl (C=O) groups is 1. The summed E-state index contributed by atoms with van der Waals surface area (Å²) >= 11 is 2.34.